The van der Waals surface area contributed by atoms with Crippen LogP contribution in [0.5, 0.6) is 0 Å². The van der Waals surface area contributed by atoms with E-state index in [9.17, 15) is 14.0 Å². The summed E-state index contributed by atoms with van der Waals surface area (Å²) in [4.78, 5) is 23.6. The standard InChI is InChI=1S/C10H9FN2O2/c1-6-2-3-7(11)4-8(6)13-9(14)5-12-10(13)15/h2-4H,5H2,1H3,(H,12,15). The van der Waals surface area contributed by atoms with Crippen LogP contribution < -0.4 is 10.2 Å². The van der Waals surface area contributed by atoms with E-state index in [1.807, 2.05) is 0 Å². The lowest BCUT2D eigenvalue weighted by Crippen LogP contribution is -2.31. The summed E-state index contributed by atoms with van der Waals surface area (Å²) in [5.41, 5.74) is 0.983. The van der Waals surface area contributed by atoms with Gasteiger partial charge in [0.2, 0.25) is 0 Å². The Morgan fingerprint density at radius 1 is 1.40 bits per heavy atom. The number of carbonyl (C=O) groups excluding carboxylic acids is 2. The number of hydrogen-bond donors (Lipinski definition) is 1. The predicted molar refractivity (Wildman–Crippen MR) is 52.0 cm³/mol. The summed E-state index contributed by atoms with van der Waals surface area (Å²) in [6.45, 7) is 1.68. The zero-order valence-electron chi connectivity index (χ0n) is 8.08. The molecule has 15 heavy (non-hydrogen) atoms. The molecule has 1 aromatic carbocycles. The number of urea groups is 1. The zero-order chi connectivity index (χ0) is 11.0. The minimum absolute atomic E-state index is 0.0329. The average Bonchev–Trinajstić information content (AvgIpc) is 2.51. The third-order valence-electron chi connectivity index (χ3n) is 2.26. The molecule has 78 valence electrons. The molecule has 1 aromatic rings. The number of rotatable bonds is 1. The number of nitrogens with one attached hydrogen (secondary N) is 1. The van der Waals surface area contributed by atoms with Crippen LogP contribution >= 0.6 is 0 Å². The first-order valence-electron chi connectivity index (χ1n) is 4.46. The summed E-state index contributed by atoms with van der Waals surface area (Å²) in [5, 5.41) is 2.38. The molecule has 1 N–H and O–H groups in total. The number of amides is 3. The smallest absolute Gasteiger partial charge is 0.328 e. The molecule has 4 nitrogen and oxygen atoms in total. The molecule has 3 amide bonds. The van der Waals surface area contributed by atoms with Gasteiger partial charge in [0.15, 0.2) is 0 Å². The minimum Gasteiger partial charge on any atom is -0.328 e. The molecule has 1 saturated heterocycles. The van der Waals surface area contributed by atoms with Gasteiger partial charge in [-0.2, -0.15) is 0 Å². The predicted octanol–water partition coefficient (Wildman–Crippen LogP) is 1.19. The quantitative estimate of drug-likeness (QED) is 0.705. The molecule has 1 fully saturated rings. The van der Waals surface area contributed by atoms with Crippen LogP contribution in [0, 0.1) is 12.7 Å². The van der Waals surface area contributed by atoms with Crippen LogP contribution in [-0.4, -0.2) is 18.5 Å². The SMILES string of the molecule is Cc1ccc(F)cc1N1C(=O)CNC1=O. The van der Waals surface area contributed by atoms with Gasteiger partial charge in [0.25, 0.3) is 5.91 Å². The number of halogens is 1. The van der Waals surface area contributed by atoms with Gasteiger partial charge in [-0.25, -0.2) is 14.1 Å². The molecule has 1 aliphatic rings. The Kier molecular flexibility index (Phi) is 2.15. The van der Waals surface area contributed by atoms with E-state index in [0.29, 0.717) is 11.3 Å². The zero-order valence-corrected chi connectivity index (χ0v) is 8.08. The molecule has 5 heteroatoms. The highest BCUT2D eigenvalue weighted by atomic mass is 19.1. The van der Waals surface area contributed by atoms with E-state index in [1.54, 1.807) is 6.92 Å². The number of nitrogens with zero attached hydrogens (tertiary/aromatic N) is 1. The summed E-state index contributed by atoms with van der Waals surface area (Å²) >= 11 is 0. The molecule has 0 aromatic heterocycles. The highest BCUT2D eigenvalue weighted by Crippen LogP contribution is 2.22. The van der Waals surface area contributed by atoms with Crippen molar-refractivity contribution in [2.75, 3.05) is 11.4 Å². The highest BCUT2D eigenvalue weighted by Gasteiger charge is 2.31. The van der Waals surface area contributed by atoms with Gasteiger partial charge in [-0.3, -0.25) is 4.79 Å². The Morgan fingerprint density at radius 2 is 2.13 bits per heavy atom. The van der Waals surface area contributed by atoms with E-state index < -0.39 is 11.8 Å². The molecule has 0 atom stereocenters. The van der Waals surface area contributed by atoms with Crippen molar-refractivity contribution in [3.63, 3.8) is 0 Å². The molecule has 0 bridgehead atoms. The van der Waals surface area contributed by atoms with Crippen LogP contribution in [0.25, 0.3) is 0 Å². The topological polar surface area (TPSA) is 49.4 Å². The van der Waals surface area contributed by atoms with Gasteiger partial charge in [0.1, 0.15) is 5.82 Å². The highest BCUT2D eigenvalue weighted by molar-refractivity contribution is 6.20. The summed E-state index contributed by atoms with van der Waals surface area (Å²) in [5.74, 6) is -0.836. The van der Waals surface area contributed by atoms with Crippen molar-refractivity contribution in [2.45, 2.75) is 6.92 Å². The summed E-state index contributed by atoms with van der Waals surface area (Å²) in [7, 11) is 0. The van der Waals surface area contributed by atoms with Gasteiger partial charge in [-0.15, -0.1) is 0 Å². The van der Waals surface area contributed by atoms with E-state index in [-0.39, 0.29) is 12.5 Å². The van der Waals surface area contributed by atoms with E-state index in [0.717, 1.165) is 4.90 Å². The monoisotopic (exact) mass is 208 g/mol. The van der Waals surface area contributed by atoms with Gasteiger partial charge in [-0.05, 0) is 24.6 Å². The Labute approximate surface area is 85.7 Å². The molecular weight excluding hydrogens is 199 g/mol. The number of imide groups is 1. The van der Waals surface area contributed by atoms with Gasteiger partial charge in [0.05, 0.1) is 12.2 Å². The Balaban J connectivity index is 2.48. The maximum absolute atomic E-state index is 13.0. The Morgan fingerprint density at radius 3 is 2.73 bits per heavy atom. The summed E-state index contributed by atoms with van der Waals surface area (Å²) in [6, 6.07) is 3.49. The average molecular weight is 208 g/mol. The molecule has 0 radical (unpaired) electrons. The fraction of sp³-hybridized carbons (Fsp3) is 0.200. The second-order valence-corrected chi connectivity index (χ2v) is 3.32. The number of carbonyl (C=O) groups is 2. The molecule has 0 aliphatic carbocycles. The van der Waals surface area contributed by atoms with Gasteiger partial charge < -0.3 is 5.32 Å². The summed E-state index contributed by atoms with van der Waals surface area (Å²) < 4.78 is 13.0. The maximum Gasteiger partial charge on any atom is 0.329 e. The maximum atomic E-state index is 13.0. The lowest BCUT2D eigenvalue weighted by Gasteiger charge is -2.14. The lowest BCUT2D eigenvalue weighted by molar-refractivity contribution is -0.115. The van der Waals surface area contributed by atoms with Gasteiger partial charge in [0, 0.05) is 0 Å². The van der Waals surface area contributed by atoms with Gasteiger partial charge >= 0.3 is 6.03 Å². The van der Waals surface area contributed by atoms with Crippen LogP contribution in [0.4, 0.5) is 14.9 Å². The fourth-order valence-corrected chi connectivity index (χ4v) is 1.49. The molecule has 2 rings (SSSR count). The second kappa shape index (κ2) is 3.34. The van der Waals surface area contributed by atoms with Crippen molar-refractivity contribution in [3.05, 3.63) is 29.6 Å². The molecule has 0 saturated carbocycles. The van der Waals surface area contributed by atoms with Gasteiger partial charge in [-0.1, -0.05) is 6.07 Å². The number of aryl methyl sites for hydroxylation is 1. The van der Waals surface area contributed by atoms with Crippen molar-refractivity contribution in [2.24, 2.45) is 0 Å². The van der Waals surface area contributed by atoms with Crippen LogP contribution in [0.1, 0.15) is 5.56 Å². The van der Waals surface area contributed by atoms with Crippen molar-refractivity contribution < 1.29 is 14.0 Å². The van der Waals surface area contributed by atoms with Crippen LogP contribution in [0.3, 0.4) is 0 Å². The van der Waals surface area contributed by atoms with Crippen LogP contribution in [0.15, 0.2) is 18.2 Å². The third-order valence-corrected chi connectivity index (χ3v) is 2.26. The first-order valence-corrected chi connectivity index (χ1v) is 4.46. The first kappa shape index (κ1) is 9.64. The molecular formula is C10H9FN2O2. The lowest BCUT2D eigenvalue weighted by atomic mass is 10.2. The number of benzene rings is 1. The molecule has 1 heterocycles. The van der Waals surface area contributed by atoms with Crippen molar-refractivity contribution >= 4 is 17.6 Å². The molecule has 0 unspecified atom stereocenters. The number of anilines is 1. The normalized spacial score (nSPS) is 15.7. The second-order valence-electron chi connectivity index (χ2n) is 3.32. The Hall–Kier alpha value is -1.91. The molecule has 1 aliphatic heterocycles. The van der Waals surface area contributed by atoms with Crippen LogP contribution in [-0.2, 0) is 4.79 Å². The molecule has 0 spiro atoms. The largest absolute Gasteiger partial charge is 0.329 e. The first-order chi connectivity index (χ1) is 7.09. The third kappa shape index (κ3) is 1.56. The fourth-order valence-electron chi connectivity index (χ4n) is 1.49. The van der Waals surface area contributed by atoms with E-state index in [2.05, 4.69) is 5.32 Å². The summed E-state index contributed by atoms with van der Waals surface area (Å²) in [6.07, 6.45) is 0. The van der Waals surface area contributed by atoms with E-state index in [4.69, 9.17) is 0 Å². The Bertz CT molecular complexity index is 429. The minimum atomic E-state index is -0.506. The van der Waals surface area contributed by atoms with Crippen molar-refractivity contribution in [3.8, 4) is 0 Å². The van der Waals surface area contributed by atoms with Crippen LogP contribution in [0.2, 0.25) is 0 Å². The van der Waals surface area contributed by atoms with E-state index in [1.165, 1.54) is 18.2 Å². The van der Waals surface area contributed by atoms with Crippen molar-refractivity contribution in [1.82, 2.24) is 5.32 Å². The number of hydrogen-bond acceptors (Lipinski definition) is 2. The van der Waals surface area contributed by atoms with Crippen molar-refractivity contribution in [1.29, 1.82) is 0 Å². The van der Waals surface area contributed by atoms with E-state index >= 15 is 0 Å².